The number of anilines is 1. The van der Waals surface area contributed by atoms with Gasteiger partial charge in [-0.25, -0.2) is 0 Å². The van der Waals surface area contributed by atoms with Crippen LogP contribution in [-0.2, 0) is 22.6 Å². The molecular weight excluding hydrogens is 466 g/mol. The fraction of sp³-hybridized carbons (Fsp3) is 0.267. The molecule has 2 heterocycles. The van der Waals surface area contributed by atoms with Crippen LogP contribution in [0.4, 0.5) is 5.69 Å². The van der Waals surface area contributed by atoms with Crippen molar-refractivity contribution in [3.63, 3.8) is 0 Å². The predicted molar refractivity (Wildman–Crippen MR) is 145 cm³/mol. The van der Waals surface area contributed by atoms with Crippen LogP contribution in [0.25, 0.3) is 22.1 Å². The number of ether oxygens (including phenoxy) is 1. The first-order valence-corrected chi connectivity index (χ1v) is 12.5. The Kier molecular flexibility index (Phi) is 6.97. The van der Waals surface area contributed by atoms with Gasteiger partial charge in [-0.3, -0.25) is 9.59 Å². The lowest BCUT2D eigenvalue weighted by Gasteiger charge is -2.28. The van der Waals surface area contributed by atoms with Crippen molar-refractivity contribution in [2.75, 3.05) is 19.1 Å². The Morgan fingerprint density at radius 3 is 2.68 bits per heavy atom. The van der Waals surface area contributed by atoms with Crippen LogP contribution >= 0.6 is 0 Å². The molecule has 0 saturated heterocycles. The molecule has 0 spiro atoms. The van der Waals surface area contributed by atoms with Crippen molar-refractivity contribution in [1.29, 1.82) is 0 Å². The van der Waals surface area contributed by atoms with E-state index in [1.165, 1.54) is 0 Å². The normalized spacial score (nSPS) is 16.2. The number of carbonyl (C=O) groups excluding carboxylic acids is 2. The molecule has 3 aromatic carbocycles. The molecule has 7 nitrogen and oxygen atoms in total. The molecule has 37 heavy (non-hydrogen) atoms. The summed E-state index contributed by atoms with van der Waals surface area (Å²) in [5.41, 5.74) is 3.80. The lowest BCUT2D eigenvalue weighted by atomic mass is 9.97. The van der Waals surface area contributed by atoms with Crippen LogP contribution in [0.2, 0.25) is 0 Å². The maximum absolute atomic E-state index is 14.0. The number of furan rings is 1. The Hall–Kier alpha value is -4.10. The zero-order valence-corrected chi connectivity index (χ0v) is 21.3. The summed E-state index contributed by atoms with van der Waals surface area (Å²) in [6.45, 7) is 2.08. The first-order chi connectivity index (χ1) is 18.0. The number of hydrogen-bond acceptors (Lipinski definition) is 5. The molecule has 0 bridgehead atoms. The Morgan fingerprint density at radius 2 is 1.92 bits per heavy atom. The minimum Gasteiger partial charge on any atom is -0.496 e. The second kappa shape index (κ2) is 10.5. The van der Waals surface area contributed by atoms with Crippen LogP contribution in [0.5, 0.6) is 5.75 Å². The molecule has 2 unspecified atom stereocenters. The number of carbonyl (C=O) groups is 2. The van der Waals surface area contributed by atoms with Crippen molar-refractivity contribution in [2.24, 2.45) is 0 Å². The van der Waals surface area contributed by atoms with E-state index in [2.05, 4.69) is 10.6 Å². The summed E-state index contributed by atoms with van der Waals surface area (Å²) in [5.74, 6) is 1.14. The van der Waals surface area contributed by atoms with Crippen molar-refractivity contribution in [3.05, 3.63) is 84.1 Å². The van der Waals surface area contributed by atoms with E-state index < -0.39 is 12.1 Å². The second-order valence-corrected chi connectivity index (χ2v) is 9.29. The highest BCUT2D eigenvalue weighted by molar-refractivity contribution is 6.03. The number of likely N-dealkylation sites (N-methyl/N-ethyl adjacent to an activating group) is 1. The number of methoxy groups -OCH3 is 1. The van der Waals surface area contributed by atoms with Crippen LogP contribution in [0.15, 0.2) is 77.4 Å². The highest BCUT2D eigenvalue weighted by atomic mass is 16.5. The van der Waals surface area contributed by atoms with E-state index in [1.807, 2.05) is 66.7 Å². The molecule has 0 aliphatic carbocycles. The van der Waals surface area contributed by atoms with Gasteiger partial charge in [0.15, 0.2) is 0 Å². The number of aryl methyl sites for hydroxylation is 1. The average molecular weight is 498 g/mol. The van der Waals surface area contributed by atoms with E-state index in [0.717, 1.165) is 38.9 Å². The number of nitrogens with zero attached hydrogens (tertiary/aromatic N) is 1. The van der Waals surface area contributed by atoms with E-state index in [4.69, 9.17) is 9.15 Å². The molecule has 2 atom stereocenters. The predicted octanol–water partition coefficient (Wildman–Crippen LogP) is 4.68. The largest absolute Gasteiger partial charge is 0.496 e. The lowest BCUT2D eigenvalue weighted by Crippen LogP contribution is -2.52. The fourth-order valence-electron chi connectivity index (χ4n) is 5.00. The summed E-state index contributed by atoms with van der Waals surface area (Å²) in [4.78, 5) is 28.5. The van der Waals surface area contributed by atoms with E-state index in [0.29, 0.717) is 25.1 Å². The van der Waals surface area contributed by atoms with Crippen molar-refractivity contribution < 1.29 is 18.7 Å². The molecule has 1 aliphatic rings. The number of benzene rings is 3. The molecule has 7 heteroatoms. The molecule has 2 amide bonds. The lowest BCUT2D eigenvalue weighted by molar-refractivity contribution is -0.128. The second-order valence-electron chi connectivity index (χ2n) is 9.29. The third kappa shape index (κ3) is 4.70. The molecule has 1 aliphatic heterocycles. The summed E-state index contributed by atoms with van der Waals surface area (Å²) in [5, 5.41) is 7.90. The maximum Gasteiger partial charge on any atom is 0.249 e. The van der Waals surface area contributed by atoms with Gasteiger partial charge >= 0.3 is 0 Å². The van der Waals surface area contributed by atoms with Gasteiger partial charge in [-0.1, -0.05) is 36.4 Å². The number of para-hydroxylation sites is 1. The van der Waals surface area contributed by atoms with Crippen LogP contribution in [0, 0.1) is 0 Å². The molecule has 4 aromatic rings. The maximum atomic E-state index is 14.0. The third-order valence-corrected chi connectivity index (χ3v) is 7.14. The molecule has 1 aromatic heterocycles. The summed E-state index contributed by atoms with van der Waals surface area (Å²) < 4.78 is 11.5. The monoisotopic (exact) mass is 497 g/mol. The SMILES string of the molecule is CNC(C)C(=O)NC1CCc2ccccc2N(Cc2c(OC)ccc3c(-c4ccco4)cccc23)C1=O. The van der Waals surface area contributed by atoms with Crippen molar-refractivity contribution in [2.45, 2.75) is 38.4 Å². The van der Waals surface area contributed by atoms with Gasteiger partial charge in [0.2, 0.25) is 11.8 Å². The van der Waals surface area contributed by atoms with Gasteiger partial charge in [0.25, 0.3) is 0 Å². The number of nitrogens with one attached hydrogen (secondary N) is 2. The van der Waals surface area contributed by atoms with E-state index >= 15 is 0 Å². The van der Waals surface area contributed by atoms with Crippen molar-refractivity contribution in [1.82, 2.24) is 10.6 Å². The Labute approximate surface area is 216 Å². The van der Waals surface area contributed by atoms with Crippen LogP contribution in [0.1, 0.15) is 24.5 Å². The topological polar surface area (TPSA) is 83.8 Å². The van der Waals surface area contributed by atoms with Gasteiger partial charge in [0, 0.05) is 16.8 Å². The Morgan fingerprint density at radius 1 is 1.08 bits per heavy atom. The van der Waals surface area contributed by atoms with E-state index in [9.17, 15) is 9.59 Å². The molecule has 2 N–H and O–H groups in total. The summed E-state index contributed by atoms with van der Waals surface area (Å²) >= 11 is 0. The van der Waals surface area contributed by atoms with Gasteiger partial charge in [-0.15, -0.1) is 0 Å². The molecule has 5 rings (SSSR count). The summed E-state index contributed by atoms with van der Waals surface area (Å²) in [6, 6.07) is 20.7. The standard InChI is InChI=1S/C30H31N3O4/c1-19(31-2)29(34)32-25-15-13-20-8-4-5-11-26(20)33(30(25)35)18-24-21-9-6-10-23(28-12-7-17-37-28)22(21)14-16-27(24)36-3/h4-12,14,16-17,19,25,31H,13,15,18H2,1-3H3,(H,32,34). The molecular formula is C30H31N3O4. The zero-order chi connectivity index (χ0) is 25.9. The average Bonchev–Trinajstić information content (AvgIpc) is 3.43. The van der Waals surface area contributed by atoms with Gasteiger partial charge in [-0.2, -0.15) is 0 Å². The first-order valence-electron chi connectivity index (χ1n) is 12.5. The highest BCUT2D eigenvalue weighted by Gasteiger charge is 2.33. The first kappa shape index (κ1) is 24.6. The van der Waals surface area contributed by atoms with Crippen LogP contribution in [-0.4, -0.2) is 38.1 Å². The third-order valence-electron chi connectivity index (χ3n) is 7.14. The number of hydrogen-bond donors (Lipinski definition) is 2. The van der Waals surface area contributed by atoms with Gasteiger partial charge in [0.1, 0.15) is 17.6 Å². The van der Waals surface area contributed by atoms with Crippen LogP contribution in [0.3, 0.4) is 0 Å². The van der Waals surface area contributed by atoms with E-state index in [1.54, 1.807) is 32.2 Å². The molecule has 190 valence electrons. The Balaban J connectivity index is 1.60. The smallest absolute Gasteiger partial charge is 0.249 e. The molecule has 0 fully saturated rings. The summed E-state index contributed by atoms with van der Waals surface area (Å²) in [6.07, 6.45) is 2.88. The zero-order valence-electron chi connectivity index (χ0n) is 21.3. The van der Waals surface area contributed by atoms with Crippen LogP contribution < -0.4 is 20.3 Å². The minimum atomic E-state index is -0.629. The Bertz CT molecular complexity index is 1430. The van der Waals surface area contributed by atoms with Gasteiger partial charge in [0.05, 0.1) is 26.0 Å². The number of fused-ring (bicyclic) bond motifs is 2. The van der Waals surface area contributed by atoms with E-state index in [-0.39, 0.29) is 11.8 Å². The minimum absolute atomic E-state index is 0.136. The fourth-order valence-corrected chi connectivity index (χ4v) is 5.00. The molecule has 0 radical (unpaired) electrons. The number of amides is 2. The van der Waals surface area contributed by atoms with Crippen molar-refractivity contribution >= 4 is 28.3 Å². The van der Waals surface area contributed by atoms with Gasteiger partial charge < -0.3 is 24.7 Å². The summed E-state index contributed by atoms with van der Waals surface area (Å²) in [7, 11) is 3.37. The van der Waals surface area contributed by atoms with Gasteiger partial charge in [-0.05, 0) is 73.5 Å². The highest BCUT2D eigenvalue weighted by Crippen LogP contribution is 2.37. The quantitative estimate of drug-likeness (QED) is 0.387. The van der Waals surface area contributed by atoms with Crippen molar-refractivity contribution in [3.8, 4) is 17.1 Å². The molecule has 0 saturated carbocycles. The number of rotatable bonds is 7.